The third-order valence-corrected chi connectivity index (χ3v) is 2.64. The number of likely N-dealkylation sites (N-methyl/N-ethyl adjacent to an activating group) is 1. The number of hydrogen-bond acceptors (Lipinski definition) is 3. The van der Waals surface area contributed by atoms with Crippen molar-refractivity contribution < 1.29 is 9.90 Å². The van der Waals surface area contributed by atoms with E-state index in [1.807, 2.05) is 30.3 Å². The molecule has 4 nitrogen and oxygen atoms in total. The molecule has 0 aliphatic carbocycles. The van der Waals surface area contributed by atoms with Crippen molar-refractivity contribution in [3.05, 3.63) is 35.9 Å². The molecule has 1 N–H and O–H groups in total. The lowest BCUT2D eigenvalue weighted by Crippen LogP contribution is -2.48. The van der Waals surface area contributed by atoms with Gasteiger partial charge in [-0.25, -0.2) is 5.01 Å². The van der Waals surface area contributed by atoms with Crippen molar-refractivity contribution in [3.63, 3.8) is 0 Å². The fraction of sp³-hybridized carbons (Fsp3) is 0.333. The van der Waals surface area contributed by atoms with Crippen molar-refractivity contribution in [3.8, 4) is 0 Å². The van der Waals surface area contributed by atoms with Crippen molar-refractivity contribution in [1.29, 1.82) is 0 Å². The summed E-state index contributed by atoms with van der Waals surface area (Å²) >= 11 is 0. The molecule has 1 amide bonds. The Morgan fingerprint density at radius 2 is 2.00 bits per heavy atom. The molecular formula is C12H14N2O2. The maximum atomic E-state index is 11.6. The number of aliphatic hydroxyl groups is 1. The zero-order valence-corrected chi connectivity index (χ0v) is 9.34. The van der Waals surface area contributed by atoms with Crippen LogP contribution in [0.5, 0.6) is 0 Å². The summed E-state index contributed by atoms with van der Waals surface area (Å²) in [4.78, 5) is 11.6. The highest BCUT2D eigenvalue weighted by Crippen LogP contribution is 2.22. The Bertz CT molecular complexity index is 438. The van der Waals surface area contributed by atoms with E-state index in [2.05, 4.69) is 5.10 Å². The van der Waals surface area contributed by atoms with Gasteiger partial charge >= 0.3 is 0 Å². The van der Waals surface area contributed by atoms with Crippen LogP contribution in [0.15, 0.2) is 35.4 Å². The van der Waals surface area contributed by atoms with E-state index in [1.165, 1.54) is 11.9 Å². The summed E-state index contributed by atoms with van der Waals surface area (Å²) in [5.74, 6) is -0.368. The summed E-state index contributed by atoms with van der Waals surface area (Å²) in [5, 5.41) is 15.3. The molecule has 1 aromatic carbocycles. The van der Waals surface area contributed by atoms with Crippen molar-refractivity contribution in [2.75, 3.05) is 7.05 Å². The van der Waals surface area contributed by atoms with E-state index >= 15 is 0 Å². The van der Waals surface area contributed by atoms with E-state index in [9.17, 15) is 9.90 Å². The van der Waals surface area contributed by atoms with Crippen molar-refractivity contribution in [2.24, 2.45) is 5.10 Å². The summed E-state index contributed by atoms with van der Waals surface area (Å²) in [5.41, 5.74) is 0.302. The lowest BCUT2D eigenvalue weighted by Gasteiger charge is -2.31. The zero-order chi connectivity index (χ0) is 11.8. The molecule has 1 aromatic rings. The van der Waals surface area contributed by atoms with E-state index in [4.69, 9.17) is 0 Å². The molecular weight excluding hydrogens is 204 g/mol. The van der Waals surface area contributed by atoms with Gasteiger partial charge in [0.2, 0.25) is 0 Å². The van der Waals surface area contributed by atoms with E-state index in [0.29, 0.717) is 0 Å². The van der Waals surface area contributed by atoms with Crippen LogP contribution < -0.4 is 0 Å². The van der Waals surface area contributed by atoms with Gasteiger partial charge < -0.3 is 5.11 Å². The predicted octanol–water partition coefficient (Wildman–Crippen LogP) is 1.00. The van der Waals surface area contributed by atoms with Crippen LogP contribution in [0.25, 0.3) is 0 Å². The Hall–Kier alpha value is -1.68. The lowest BCUT2D eigenvalue weighted by atomic mass is 9.93. The maximum absolute atomic E-state index is 11.6. The van der Waals surface area contributed by atoms with Gasteiger partial charge in [-0.1, -0.05) is 30.3 Å². The second kappa shape index (κ2) is 3.72. The number of amides is 1. The second-order valence-corrected chi connectivity index (χ2v) is 4.19. The van der Waals surface area contributed by atoms with E-state index < -0.39 is 5.60 Å². The van der Waals surface area contributed by atoms with Crippen molar-refractivity contribution in [2.45, 2.75) is 18.9 Å². The summed E-state index contributed by atoms with van der Waals surface area (Å²) in [6.07, 6.45) is 0.250. The Balaban J connectivity index is 2.38. The number of hydrogen-bond donors (Lipinski definition) is 1. The maximum Gasteiger partial charge on any atom is 0.274 e. The van der Waals surface area contributed by atoms with Gasteiger partial charge in [-0.05, 0) is 12.5 Å². The number of carbonyl (C=O) groups is 1. The van der Waals surface area contributed by atoms with Crippen molar-refractivity contribution in [1.82, 2.24) is 5.01 Å². The summed E-state index contributed by atoms with van der Waals surface area (Å²) < 4.78 is 0. The minimum Gasteiger partial charge on any atom is -0.380 e. The highest BCUT2D eigenvalue weighted by atomic mass is 16.3. The topological polar surface area (TPSA) is 52.9 Å². The average Bonchev–Trinajstić information content (AvgIpc) is 2.26. The molecule has 1 heterocycles. The Morgan fingerprint density at radius 1 is 1.38 bits per heavy atom. The second-order valence-electron chi connectivity index (χ2n) is 4.19. The Morgan fingerprint density at radius 3 is 2.56 bits per heavy atom. The molecule has 1 aliphatic heterocycles. The summed E-state index contributed by atoms with van der Waals surface area (Å²) in [6, 6.07) is 9.56. The van der Waals surface area contributed by atoms with Gasteiger partial charge in [0.15, 0.2) is 0 Å². The molecule has 1 atom stereocenters. The molecule has 0 radical (unpaired) electrons. The molecule has 0 aromatic heterocycles. The average molecular weight is 218 g/mol. The van der Waals surface area contributed by atoms with Gasteiger partial charge in [0.05, 0.1) is 5.71 Å². The molecule has 0 saturated heterocycles. The molecule has 0 fully saturated rings. The smallest absolute Gasteiger partial charge is 0.274 e. The third kappa shape index (κ3) is 1.84. The highest BCUT2D eigenvalue weighted by molar-refractivity contribution is 6.06. The van der Waals surface area contributed by atoms with E-state index in [0.717, 1.165) is 11.3 Å². The number of carbonyl (C=O) groups excluding carboxylic acids is 1. The largest absolute Gasteiger partial charge is 0.380 e. The number of benzene rings is 1. The van der Waals surface area contributed by atoms with Crippen molar-refractivity contribution >= 4 is 11.6 Å². The van der Waals surface area contributed by atoms with Crippen LogP contribution in [-0.4, -0.2) is 34.4 Å². The van der Waals surface area contributed by atoms with Gasteiger partial charge in [-0.15, -0.1) is 0 Å². The molecule has 84 valence electrons. The molecule has 0 saturated carbocycles. The SMILES string of the molecule is CN1N=C(c2ccccc2)CC(C)(O)C1=O. The molecule has 1 aliphatic rings. The first-order chi connectivity index (χ1) is 7.50. The number of rotatable bonds is 1. The first-order valence-corrected chi connectivity index (χ1v) is 5.14. The first kappa shape index (κ1) is 10.8. The van der Waals surface area contributed by atoms with Gasteiger partial charge in [-0.2, -0.15) is 5.10 Å². The quantitative estimate of drug-likeness (QED) is 0.764. The fourth-order valence-electron chi connectivity index (χ4n) is 1.80. The van der Waals surface area contributed by atoms with Gasteiger partial charge in [0.25, 0.3) is 5.91 Å². The lowest BCUT2D eigenvalue weighted by molar-refractivity contribution is -0.148. The van der Waals surface area contributed by atoms with Gasteiger partial charge in [0, 0.05) is 13.5 Å². The number of hydrazone groups is 1. The van der Waals surface area contributed by atoms with Crippen LogP contribution in [0.2, 0.25) is 0 Å². The standard InChI is InChI=1S/C12H14N2O2/c1-12(16)8-10(13-14(2)11(12)15)9-6-4-3-5-7-9/h3-7,16H,8H2,1-2H3. The van der Waals surface area contributed by atoms with Crippen LogP contribution in [0.3, 0.4) is 0 Å². The highest BCUT2D eigenvalue weighted by Gasteiger charge is 2.38. The molecule has 1 unspecified atom stereocenters. The minimum absolute atomic E-state index is 0.250. The van der Waals surface area contributed by atoms with Crippen LogP contribution in [0, 0.1) is 0 Å². The molecule has 0 bridgehead atoms. The molecule has 16 heavy (non-hydrogen) atoms. The predicted molar refractivity (Wildman–Crippen MR) is 61.0 cm³/mol. The van der Waals surface area contributed by atoms with Gasteiger partial charge in [-0.3, -0.25) is 4.79 Å². The molecule has 0 spiro atoms. The Labute approximate surface area is 94.2 Å². The minimum atomic E-state index is -1.36. The fourth-order valence-corrected chi connectivity index (χ4v) is 1.80. The first-order valence-electron chi connectivity index (χ1n) is 5.14. The summed E-state index contributed by atoms with van der Waals surface area (Å²) in [7, 11) is 1.55. The summed E-state index contributed by atoms with van der Waals surface area (Å²) in [6.45, 7) is 1.52. The molecule has 4 heteroatoms. The van der Waals surface area contributed by atoms with Gasteiger partial charge in [0.1, 0.15) is 5.60 Å². The van der Waals surface area contributed by atoms with Crippen LogP contribution in [-0.2, 0) is 4.79 Å². The van der Waals surface area contributed by atoms with Crippen LogP contribution >= 0.6 is 0 Å². The molecule has 2 rings (SSSR count). The normalized spacial score (nSPS) is 25.6. The third-order valence-electron chi connectivity index (χ3n) is 2.64. The number of nitrogens with zero attached hydrogens (tertiary/aromatic N) is 2. The zero-order valence-electron chi connectivity index (χ0n) is 9.34. The monoisotopic (exact) mass is 218 g/mol. The van der Waals surface area contributed by atoms with Crippen LogP contribution in [0.1, 0.15) is 18.9 Å². The van der Waals surface area contributed by atoms with Crippen LogP contribution in [0.4, 0.5) is 0 Å². The van der Waals surface area contributed by atoms with E-state index in [-0.39, 0.29) is 12.3 Å². The van der Waals surface area contributed by atoms with E-state index in [1.54, 1.807) is 7.05 Å². The Kier molecular flexibility index (Phi) is 2.52.